The van der Waals surface area contributed by atoms with Crippen molar-refractivity contribution in [1.82, 2.24) is 5.32 Å². The summed E-state index contributed by atoms with van der Waals surface area (Å²) in [7, 11) is 0. The van der Waals surface area contributed by atoms with Crippen LogP contribution in [0.5, 0.6) is 0 Å². The Labute approximate surface area is 115 Å². The quantitative estimate of drug-likeness (QED) is 0.737. The number of hydrogen-bond donors (Lipinski definition) is 2. The fourth-order valence-electron chi connectivity index (χ4n) is 2.32. The molecule has 1 saturated carbocycles. The van der Waals surface area contributed by atoms with E-state index in [0.29, 0.717) is 6.04 Å². The van der Waals surface area contributed by atoms with Crippen LogP contribution in [0, 0.1) is 5.92 Å². The Morgan fingerprint density at radius 3 is 2.89 bits per heavy atom. The van der Waals surface area contributed by atoms with Crippen LogP contribution in [0.15, 0.2) is 24.3 Å². The van der Waals surface area contributed by atoms with Gasteiger partial charge in [0.1, 0.15) is 0 Å². The van der Waals surface area contributed by atoms with Crippen LogP contribution in [0.2, 0.25) is 0 Å². The molecule has 104 valence electrons. The lowest BCUT2D eigenvalue weighted by Gasteiger charge is -2.15. The molecule has 0 aromatic heterocycles. The summed E-state index contributed by atoms with van der Waals surface area (Å²) in [5.41, 5.74) is 2.09. The Balaban J connectivity index is 1.79. The van der Waals surface area contributed by atoms with Gasteiger partial charge in [-0.2, -0.15) is 0 Å². The third-order valence-corrected chi connectivity index (χ3v) is 3.64. The predicted molar refractivity (Wildman–Crippen MR) is 79.1 cm³/mol. The summed E-state index contributed by atoms with van der Waals surface area (Å²) in [6.45, 7) is 4.78. The van der Waals surface area contributed by atoms with Crippen molar-refractivity contribution in [2.45, 2.75) is 45.6 Å². The molecule has 1 fully saturated rings. The van der Waals surface area contributed by atoms with Gasteiger partial charge in [-0.15, -0.1) is 0 Å². The van der Waals surface area contributed by atoms with E-state index in [-0.39, 0.29) is 5.91 Å². The second kappa shape index (κ2) is 6.71. The zero-order valence-electron chi connectivity index (χ0n) is 11.9. The monoisotopic (exact) mass is 260 g/mol. The van der Waals surface area contributed by atoms with Crippen LogP contribution < -0.4 is 10.6 Å². The molecular formula is C16H24N2O. The van der Waals surface area contributed by atoms with E-state index in [9.17, 15) is 4.79 Å². The Morgan fingerprint density at radius 2 is 2.21 bits per heavy atom. The number of benzene rings is 1. The smallest absolute Gasteiger partial charge is 0.221 e. The van der Waals surface area contributed by atoms with Gasteiger partial charge in [0.25, 0.3) is 0 Å². The highest BCUT2D eigenvalue weighted by Crippen LogP contribution is 2.33. The Hall–Kier alpha value is -1.35. The van der Waals surface area contributed by atoms with Crippen molar-refractivity contribution in [1.29, 1.82) is 0 Å². The molecule has 1 aromatic rings. The molecular weight excluding hydrogens is 236 g/mol. The van der Waals surface area contributed by atoms with E-state index < -0.39 is 0 Å². The number of amides is 1. The summed E-state index contributed by atoms with van der Waals surface area (Å²) in [4.78, 5) is 11.0. The van der Waals surface area contributed by atoms with Gasteiger partial charge in [-0.3, -0.25) is 4.79 Å². The molecule has 0 saturated heterocycles. The van der Waals surface area contributed by atoms with E-state index in [2.05, 4.69) is 23.6 Å². The summed E-state index contributed by atoms with van der Waals surface area (Å²) < 4.78 is 0. The van der Waals surface area contributed by atoms with Crippen LogP contribution in [0.1, 0.15) is 51.1 Å². The van der Waals surface area contributed by atoms with Gasteiger partial charge in [0, 0.05) is 18.7 Å². The molecule has 19 heavy (non-hydrogen) atoms. The lowest BCUT2D eigenvalue weighted by atomic mass is 10.1. The molecule has 1 amide bonds. The van der Waals surface area contributed by atoms with E-state index in [1.54, 1.807) is 0 Å². The molecule has 1 aliphatic carbocycles. The van der Waals surface area contributed by atoms with Gasteiger partial charge < -0.3 is 10.6 Å². The Bertz CT molecular complexity index is 427. The predicted octanol–water partition coefficient (Wildman–Crippen LogP) is 3.49. The minimum absolute atomic E-state index is 0.0257. The fourth-order valence-corrected chi connectivity index (χ4v) is 2.32. The van der Waals surface area contributed by atoms with Crippen LogP contribution >= 0.6 is 0 Å². The molecule has 1 aromatic carbocycles. The molecule has 1 unspecified atom stereocenters. The first-order valence-corrected chi connectivity index (χ1v) is 7.26. The maximum atomic E-state index is 11.0. The van der Waals surface area contributed by atoms with Gasteiger partial charge in [-0.1, -0.05) is 25.0 Å². The third-order valence-electron chi connectivity index (χ3n) is 3.64. The molecule has 1 aliphatic rings. The van der Waals surface area contributed by atoms with Crippen molar-refractivity contribution in [2.24, 2.45) is 5.92 Å². The zero-order valence-corrected chi connectivity index (χ0v) is 11.9. The maximum absolute atomic E-state index is 11.0. The average Bonchev–Trinajstić information content (AvgIpc) is 3.18. The van der Waals surface area contributed by atoms with Gasteiger partial charge in [0.2, 0.25) is 5.91 Å². The number of carbonyl (C=O) groups excluding carboxylic acids is 1. The number of rotatable bonds is 7. The highest BCUT2D eigenvalue weighted by molar-refractivity contribution is 5.88. The highest BCUT2D eigenvalue weighted by atomic mass is 16.1. The average molecular weight is 260 g/mol. The van der Waals surface area contributed by atoms with Crippen LogP contribution in [0.3, 0.4) is 0 Å². The zero-order chi connectivity index (χ0) is 13.7. The van der Waals surface area contributed by atoms with Crippen molar-refractivity contribution < 1.29 is 4.79 Å². The molecule has 0 aliphatic heterocycles. The summed E-state index contributed by atoms with van der Waals surface area (Å²) in [5.74, 6) is 0.988. The molecule has 0 spiro atoms. The van der Waals surface area contributed by atoms with E-state index in [1.165, 1.54) is 38.2 Å². The lowest BCUT2D eigenvalue weighted by Crippen LogP contribution is -2.20. The first kappa shape index (κ1) is 14.1. The number of carbonyl (C=O) groups is 1. The van der Waals surface area contributed by atoms with E-state index >= 15 is 0 Å². The van der Waals surface area contributed by atoms with Gasteiger partial charge in [0.05, 0.1) is 0 Å². The summed E-state index contributed by atoms with van der Waals surface area (Å²) >= 11 is 0. The van der Waals surface area contributed by atoms with Gasteiger partial charge in [0.15, 0.2) is 0 Å². The van der Waals surface area contributed by atoms with Gasteiger partial charge in [-0.05, 0) is 49.9 Å². The van der Waals surface area contributed by atoms with Crippen molar-refractivity contribution in [3.05, 3.63) is 29.8 Å². The topological polar surface area (TPSA) is 41.1 Å². The SMILES string of the molecule is CC(=O)Nc1cccc(C(C)NCCCC2CC2)c1. The van der Waals surface area contributed by atoms with E-state index in [4.69, 9.17) is 0 Å². The third kappa shape index (κ3) is 5.03. The fraction of sp³-hybridized carbons (Fsp3) is 0.562. The first-order valence-electron chi connectivity index (χ1n) is 7.26. The Morgan fingerprint density at radius 1 is 1.42 bits per heavy atom. The Kier molecular flexibility index (Phi) is 4.97. The highest BCUT2D eigenvalue weighted by Gasteiger charge is 2.20. The largest absolute Gasteiger partial charge is 0.326 e. The summed E-state index contributed by atoms with van der Waals surface area (Å²) in [5, 5.41) is 6.37. The number of nitrogens with one attached hydrogen (secondary N) is 2. The minimum atomic E-state index is -0.0257. The van der Waals surface area contributed by atoms with Crippen LogP contribution in [-0.2, 0) is 4.79 Å². The van der Waals surface area contributed by atoms with Gasteiger partial charge >= 0.3 is 0 Å². The molecule has 2 rings (SSSR count). The second-order valence-corrected chi connectivity index (χ2v) is 5.57. The molecule has 0 radical (unpaired) electrons. The van der Waals surface area contributed by atoms with Crippen LogP contribution in [-0.4, -0.2) is 12.5 Å². The van der Waals surface area contributed by atoms with Crippen molar-refractivity contribution >= 4 is 11.6 Å². The van der Waals surface area contributed by atoms with Crippen LogP contribution in [0.25, 0.3) is 0 Å². The molecule has 0 bridgehead atoms. The second-order valence-electron chi connectivity index (χ2n) is 5.57. The van der Waals surface area contributed by atoms with E-state index in [1.807, 2.05) is 18.2 Å². The van der Waals surface area contributed by atoms with Crippen molar-refractivity contribution in [3.8, 4) is 0 Å². The first-order chi connectivity index (χ1) is 9.15. The van der Waals surface area contributed by atoms with Crippen LogP contribution in [0.4, 0.5) is 5.69 Å². The maximum Gasteiger partial charge on any atom is 0.221 e. The van der Waals surface area contributed by atoms with Gasteiger partial charge in [-0.25, -0.2) is 0 Å². The number of hydrogen-bond acceptors (Lipinski definition) is 2. The summed E-state index contributed by atoms with van der Waals surface area (Å²) in [6, 6.07) is 8.38. The van der Waals surface area contributed by atoms with E-state index in [0.717, 1.165) is 18.2 Å². The van der Waals surface area contributed by atoms with Crippen molar-refractivity contribution in [3.63, 3.8) is 0 Å². The number of anilines is 1. The van der Waals surface area contributed by atoms with Crippen molar-refractivity contribution in [2.75, 3.05) is 11.9 Å². The lowest BCUT2D eigenvalue weighted by molar-refractivity contribution is -0.114. The molecule has 0 heterocycles. The summed E-state index contributed by atoms with van der Waals surface area (Å²) in [6.07, 6.45) is 5.51. The standard InChI is InChI=1S/C16H24N2O/c1-12(17-10-4-5-14-8-9-14)15-6-3-7-16(11-15)18-13(2)19/h3,6-7,11-12,14,17H,4-5,8-10H2,1-2H3,(H,18,19). The normalized spacial score (nSPS) is 16.1. The molecule has 3 nitrogen and oxygen atoms in total. The molecule has 1 atom stereocenters. The minimum Gasteiger partial charge on any atom is -0.326 e. The molecule has 2 N–H and O–H groups in total. The molecule has 3 heteroatoms.